The van der Waals surface area contributed by atoms with Gasteiger partial charge in [0, 0.05) is 32.7 Å². The van der Waals surface area contributed by atoms with Crippen LogP contribution in [0.3, 0.4) is 0 Å². The van der Waals surface area contributed by atoms with Crippen LogP contribution < -0.4 is 5.32 Å². The van der Waals surface area contributed by atoms with Gasteiger partial charge in [-0.05, 0) is 56.6 Å². The van der Waals surface area contributed by atoms with Gasteiger partial charge in [-0.15, -0.1) is 13.2 Å². The number of benzene rings is 2. The summed E-state index contributed by atoms with van der Waals surface area (Å²) in [5.41, 5.74) is 0.479. The van der Waals surface area contributed by atoms with Crippen molar-refractivity contribution in [2.24, 2.45) is 11.8 Å². The first kappa shape index (κ1) is 36.0. The van der Waals surface area contributed by atoms with E-state index < -0.39 is 47.7 Å². The van der Waals surface area contributed by atoms with E-state index in [1.54, 1.807) is 28.9 Å². The molecule has 3 heterocycles. The first-order valence-electron chi connectivity index (χ1n) is 17.4. The third-order valence-corrected chi connectivity index (χ3v) is 10.0. The van der Waals surface area contributed by atoms with Gasteiger partial charge >= 0.3 is 5.97 Å². The number of nitrogens with zero attached hydrogens (tertiary/aromatic N) is 2. The maximum absolute atomic E-state index is 14.6. The van der Waals surface area contributed by atoms with E-state index in [1.165, 1.54) is 0 Å². The number of allylic oxidation sites excluding steroid dienone is 1. The lowest BCUT2D eigenvalue weighted by atomic mass is 9.70. The highest BCUT2D eigenvalue weighted by molar-refractivity contribution is 5.98. The van der Waals surface area contributed by atoms with Crippen LogP contribution in [0.5, 0.6) is 0 Å². The molecule has 3 amide bonds. The number of hydrogen-bond acceptors (Lipinski definition) is 7. The van der Waals surface area contributed by atoms with Gasteiger partial charge in [0.1, 0.15) is 17.7 Å². The van der Waals surface area contributed by atoms with E-state index in [9.17, 15) is 24.3 Å². The van der Waals surface area contributed by atoms with Crippen LogP contribution in [0.1, 0.15) is 69.1 Å². The molecule has 2 aromatic carbocycles. The average molecular weight is 672 g/mol. The van der Waals surface area contributed by atoms with Crippen molar-refractivity contribution in [3.05, 3.63) is 97.1 Å². The van der Waals surface area contributed by atoms with E-state index in [-0.39, 0.29) is 37.3 Å². The Morgan fingerprint density at radius 3 is 2.47 bits per heavy atom. The summed E-state index contributed by atoms with van der Waals surface area (Å²) in [5, 5.41) is 12.3. The summed E-state index contributed by atoms with van der Waals surface area (Å²) in [7, 11) is 0. The van der Waals surface area contributed by atoms with Crippen LogP contribution in [0.2, 0.25) is 0 Å². The number of carbonyl (C=O) groups is 4. The summed E-state index contributed by atoms with van der Waals surface area (Å²) in [4.78, 5) is 59.3. The zero-order chi connectivity index (χ0) is 35.0. The van der Waals surface area contributed by atoms with Gasteiger partial charge < -0.3 is 29.7 Å². The average Bonchev–Trinajstić information content (AvgIpc) is 3.75. The van der Waals surface area contributed by atoms with Gasteiger partial charge in [0.15, 0.2) is 0 Å². The normalized spacial score (nSPS) is 24.9. The summed E-state index contributed by atoms with van der Waals surface area (Å²) < 4.78 is 12.9. The fraction of sp³-hybridized carbons (Fsp3) is 0.487. The van der Waals surface area contributed by atoms with E-state index >= 15 is 0 Å². The molecule has 0 radical (unpaired) electrons. The molecule has 1 spiro atoms. The van der Waals surface area contributed by atoms with Crippen LogP contribution in [0.25, 0.3) is 0 Å². The molecule has 2 N–H and O–H groups in total. The van der Waals surface area contributed by atoms with Crippen LogP contribution in [0.4, 0.5) is 0 Å². The highest BCUT2D eigenvalue weighted by Gasteiger charge is 2.75. The highest BCUT2D eigenvalue weighted by Crippen LogP contribution is 2.59. The molecular weight excluding hydrogens is 622 g/mol. The van der Waals surface area contributed by atoms with Crippen LogP contribution >= 0.6 is 0 Å². The number of aliphatic hydroxyl groups excluding tert-OH is 1. The molecular formula is C39H49N3O7. The number of ether oxygens (including phenoxy) is 2. The zero-order valence-electron chi connectivity index (χ0n) is 28.4. The van der Waals surface area contributed by atoms with E-state index in [2.05, 4.69) is 18.5 Å². The number of carbonyl (C=O) groups excluding carboxylic acids is 4. The third kappa shape index (κ3) is 7.65. The van der Waals surface area contributed by atoms with Crippen molar-refractivity contribution in [2.75, 3.05) is 19.7 Å². The number of nitrogens with one attached hydrogen (secondary N) is 1. The first-order chi connectivity index (χ1) is 23.7. The molecule has 5 rings (SSSR count). The Morgan fingerprint density at radius 2 is 1.80 bits per heavy atom. The Bertz CT molecular complexity index is 1480. The second-order valence-corrected chi connectivity index (χ2v) is 13.3. The quantitative estimate of drug-likeness (QED) is 0.136. The molecule has 10 nitrogen and oxygen atoms in total. The Balaban J connectivity index is 1.44. The number of hydrogen-bond donors (Lipinski definition) is 2. The lowest BCUT2D eigenvalue weighted by Gasteiger charge is -2.37. The Morgan fingerprint density at radius 1 is 1.08 bits per heavy atom. The second kappa shape index (κ2) is 16.4. The molecule has 0 unspecified atom stereocenters. The standard InChI is InChI=1S/C39H49N3O7/c1-4-6-20-31(44)40-27(3)34(29-18-12-8-13-19-29)48-38(47)32-30-21-22-39(49-30)33(32)36(45)42(24-14-9-15-25-43)35(39)37(46)41(23-5-2)26-28-16-10-7-11-17-28/h4-5,7-8,10-13,16-19,27,30,32-35,43H,1-2,6,9,14-15,20-26H2,3H3,(H,40,44)/t27-,30+,32-,33-,34-,35+,39-/m1/s1. The van der Waals surface area contributed by atoms with Crippen LogP contribution in [0.15, 0.2) is 86.0 Å². The van der Waals surface area contributed by atoms with E-state index in [0.717, 1.165) is 5.56 Å². The zero-order valence-corrected chi connectivity index (χ0v) is 28.4. The van der Waals surface area contributed by atoms with Crippen molar-refractivity contribution in [2.45, 2.75) is 88.3 Å². The summed E-state index contributed by atoms with van der Waals surface area (Å²) in [6, 6.07) is 17.4. The molecule has 2 bridgehead atoms. The van der Waals surface area contributed by atoms with Crippen molar-refractivity contribution in [3.63, 3.8) is 0 Å². The molecule has 262 valence electrons. The van der Waals surface area contributed by atoms with Crippen LogP contribution in [-0.2, 0) is 35.2 Å². The number of aliphatic hydroxyl groups is 1. The fourth-order valence-corrected chi connectivity index (χ4v) is 7.82. The van der Waals surface area contributed by atoms with E-state index in [4.69, 9.17) is 9.47 Å². The highest BCUT2D eigenvalue weighted by atomic mass is 16.6. The minimum atomic E-state index is -1.18. The van der Waals surface area contributed by atoms with Gasteiger partial charge in [-0.25, -0.2) is 0 Å². The third-order valence-electron chi connectivity index (χ3n) is 10.0. The number of amides is 3. The second-order valence-electron chi connectivity index (χ2n) is 13.3. The maximum Gasteiger partial charge on any atom is 0.313 e. The SMILES string of the molecule is C=CCCC(=O)N[C@H](C)[C@@H](OC(=O)[C@@H]1[C@@H]2CC[C@]3(O2)[C@H](C(=O)N(CC=C)Cc2ccccc2)N(CCCCCO)C(=O)[C@@H]13)c1ccccc1. The largest absolute Gasteiger partial charge is 0.455 e. The topological polar surface area (TPSA) is 125 Å². The minimum Gasteiger partial charge on any atom is -0.455 e. The fourth-order valence-electron chi connectivity index (χ4n) is 7.82. The Labute approximate surface area is 289 Å². The van der Waals surface area contributed by atoms with Gasteiger partial charge in [-0.2, -0.15) is 0 Å². The summed E-state index contributed by atoms with van der Waals surface area (Å²) in [6.07, 6.45) is 5.58. The predicted molar refractivity (Wildman–Crippen MR) is 185 cm³/mol. The van der Waals surface area contributed by atoms with Crippen LogP contribution in [-0.4, -0.2) is 82.1 Å². The monoisotopic (exact) mass is 671 g/mol. The molecule has 0 aliphatic carbocycles. The molecule has 10 heteroatoms. The van der Waals surface area contributed by atoms with Gasteiger partial charge in [0.05, 0.1) is 24.0 Å². The van der Waals surface area contributed by atoms with Crippen molar-refractivity contribution in [1.82, 2.24) is 15.1 Å². The van der Waals surface area contributed by atoms with Crippen LogP contribution in [0, 0.1) is 11.8 Å². The van der Waals surface area contributed by atoms with Gasteiger partial charge in [0.2, 0.25) is 17.7 Å². The van der Waals surface area contributed by atoms with Crippen molar-refractivity contribution < 1.29 is 33.8 Å². The Kier molecular flexibility index (Phi) is 12.1. The molecule has 3 fully saturated rings. The lowest BCUT2D eigenvalue weighted by Crippen LogP contribution is -2.56. The van der Waals surface area contributed by atoms with E-state index in [1.807, 2.05) is 60.7 Å². The number of likely N-dealkylation sites (tertiary alicyclic amines) is 1. The van der Waals surface area contributed by atoms with E-state index in [0.29, 0.717) is 57.2 Å². The predicted octanol–water partition coefficient (Wildman–Crippen LogP) is 4.49. The smallest absolute Gasteiger partial charge is 0.313 e. The van der Waals surface area contributed by atoms with Crippen molar-refractivity contribution in [3.8, 4) is 0 Å². The molecule has 0 saturated carbocycles. The van der Waals surface area contributed by atoms with Gasteiger partial charge in [-0.1, -0.05) is 72.8 Å². The minimum absolute atomic E-state index is 0.0431. The summed E-state index contributed by atoms with van der Waals surface area (Å²) >= 11 is 0. The van der Waals surface area contributed by atoms with Crippen molar-refractivity contribution >= 4 is 23.7 Å². The molecule has 7 atom stereocenters. The number of esters is 1. The molecule has 3 aliphatic heterocycles. The summed E-state index contributed by atoms with van der Waals surface area (Å²) in [5.74, 6) is -3.08. The van der Waals surface area contributed by atoms with Gasteiger partial charge in [0.25, 0.3) is 0 Å². The number of fused-ring (bicyclic) bond motifs is 1. The molecule has 3 saturated heterocycles. The maximum atomic E-state index is 14.6. The molecule has 3 aliphatic rings. The number of unbranched alkanes of at least 4 members (excludes halogenated alkanes) is 2. The number of rotatable bonds is 18. The summed E-state index contributed by atoms with van der Waals surface area (Å²) in [6.45, 7) is 10.3. The van der Waals surface area contributed by atoms with Crippen molar-refractivity contribution in [1.29, 1.82) is 0 Å². The van der Waals surface area contributed by atoms with Gasteiger partial charge in [-0.3, -0.25) is 19.2 Å². The lowest BCUT2D eigenvalue weighted by molar-refractivity contribution is -0.162. The Hall–Kier alpha value is -4.28. The first-order valence-corrected chi connectivity index (χ1v) is 17.4. The molecule has 0 aromatic heterocycles. The molecule has 49 heavy (non-hydrogen) atoms. The molecule has 2 aromatic rings.